The zero-order chi connectivity index (χ0) is 26.7. The Balaban J connectivity index is 1.62. The summed E-state index contributed by atoms with van der Waals surface area (Å²) in [6.45, 7) is 3.13. The number of aliphatic carboxylic acids is 1. The fourth-order valence-corrected chi connectivity index (χ4v) is 4.23. The summed E-state index contributed by atoms with van der Waals surface area (Å²) < 4.78 is 47.2. The van der Waals surface area contributed by atoms with Crippen molar-refractivity contribution in [1.82, 2.24) is 10.1 Å². The highest BCUT2D eigenvalue weighted by molar-refractivity contribution is 5.74. The molecule has 0 aliphatic heterocycles. The van der Waals surface area contributed by atoms with Crippen LogP contribution in [0.3, 0.4) is 0 Å². The van der Waals surface area contributed by atoms with E-state index in [4.69, 9.17) is 9.63 Å². The number of nitrogens with zero attached hydrogens (tertiary/aromatic N) is 2. The first-order valence-electron chi connectivity index (χ1n) is 11.6. The van der Waals surface area contributed by atoms with Gasteiger partial charge in [-0.05, 0) is 47.7 Å². The number of hydrogen-bond acceptors (Lipinski definition) is 5. The second kappa shape index (κ2) is 10.6. The summed E-state index contributed by atoms with van der Waals surface area (Å²) in [6.07, 6.45) is -4.31. The number of aliphatic hydroxyl groups excluding tert-OH is 1. The summed E-state index contributed by atoms with van der Waals surface area (Å²) in [6, 6.07) is 17.7. The van der Waals surface area contributed by atoms with Gasteiger partial charge in [0.05, 0.1) is 11.5 Å². The molecule has 0 aliphatic carbocycles. The minimum absolute atomic E-state index is 0.0515. The van der Waals surface area contributed by atoms with Crippen molar-refractivity contribution >= 4 is 5.97 Å². The molecule has 0 bridgehead atoms. The quantitative estimate of drug-likeness (QED) is 0.278. The van der Waals surface area contributed by atoms with Gasteiger partial charge >= 0.3 is 12.1 Å². The summed E-state index contributed by atoms with van der Waals surface area (Å²) in [4.78, 5) is 15.4. The van der Waals surface area contributed by atoms with Gasteiger partial charge in [0.2, 0.25) is 5.82 Å². The van der Waals surface area contributed by atoms with Crippen LogP contribution in [0.2, 0.25) is 0 Å². The molecule has 1 aromatic heterocycles. The molecule has 0 spiro atoms. The number of alkyl halides is 3. The van der Waals surface area contributed by atoms with Gasteiger partial charge in [0.1, 0.15) is 0 Å². The molecule has 9 heteroatoms. The second-order valence-corrected chi connectivity index (χ2v) is 8.97. The highest BCUT2D eigenvalue weighted by Crippen LogP contribution is 2.40. The Labute approximate surface area is 211 Å². The maximum atomic E-state index is 14.0. The molecule has 2 N–H and O–H groups in total. The van der Waals surface area contributed by atoms with Crippen LogP contribution in [-0.4, -0.2) is 32.9 Å². The van der Waals surface area contributed by atoms with Crippen molar-refractivity contribution in [1.29, 1.82) is 0 Å². The number of rotatable bonds is 8. The standard InChI is InChI=1S/C28H25F3N2O4/c1-16-5-3-4-6-22(16)23-12-11-20(14-24(23)28(29,30)31)26-32-25(33-37-26)19-9-7-18(8-10-19)21(15-34)13-17(2)27(35)36/h3-12,14,17,21,34H,13,15H2,1-2H3,(H,35,36)/t17-,21+/m0/s1. The lowest BCUT2D eigenvalue weighted by atomic mass is 9.90. The molecule has 192 valence electrons. The van der Waals surface area contributed by atoms with E-state index in [0.717, 1.165) is 17.2 Å². The third-order valence-corrected chi connectivity index (χ3v) is 6.35. The molecular weight excluding hydrogens is 485 g/mol. The van der Waals surface area contributed by atoms with Crippen LogP contribution in [0.4, 0.5) is 13.2 Å². The predicted molar refractivity (Wildman–Crippen MR) is 132 cm³/mol. The van der Waals surface area contributed by atoms with Crippen LogP contribution in [0.5, 0.6) is 0 Å². The lowest BCUT2D eigenvalue weighted by Gasteiger charge is -2.17. The number of carboxylic acid groups (broad SMARTS) is 1. The van der Waals surface area contributed by atoms with Crippen LogP contribution in [-0.2, 0) is 11.0 Å². The number of benzene rings is 3. The van der Waals surface area contributed by atoms with Crippen LogP contribution < -0.4 is 0 Å². The van der Waals surface area contributed by atoms with Crippen molar-refractivity contribution in [2.45, 2.75) is 32.4 Å². The van der Waals surface area contributed by atoms with Crippen LogP contribution in [0.25, 0.3) is 34.0 Å². The van der Waals surface area contributed by atoms with E-state index in [1.807, 2.05) is 0 Å². The summed E-state index contributed by atoms with van der Waals surface area (Å²) in [7, 11) is 0. The molecule has 0 radical (unpaired) electrons. The molecule has 4 aromatic rings. The molecule has 0 fully saturated rings. The highest BCUT2D eigenvalue weighted by Gasteiger charge is 2.34. The molecule has 0 amide bonds. The van der Waals surface area contributed by atoms with E-state index in [9.17, 15) is 23.1 Å². The summed E-state index contributed by atoms with van der Waals surface area (Å²) in [5.41, 5.74) is 1.95. The third-order valence-electron chi connectivity index (χ3n) is 6.35. The van der Waals surface area contributed by atoms with Gasteiger partial charge in [-0.2, -0.15) is 18.2 Å². The molecule has 0 unspecified atom stereocenters. The van der Waals surface area contributed by atoms with Gasteiger partial charge in [0, 0.05) is 23.7 Å². The first kappa shape index (κ1) is 26.1. The minimum Gasteiger partial charge on any atom is -0.481 e. The SMILES string of the molecule is Cc1ccccc1-c1ccc(-c2nc(-c3ccc([C@@H](CO)C[C@H](C)C(=O)O)cc3)no2)cc1C(F)(F)F. The van der Waals surface area contributed by atoms with Crippen molar-refractivity contribution in [2.75, 3.05) is 6.61 Å². The molecule has 3 aromatic carbocycles. The lowest BCUT2D eigenvalue weighted by Crippen LogP contribution is -2.16. The van der Waals surface area contributed by atoms with Gasteiger partial charge in [-0.1, -0.05) is 66.7 Å². The van der Waals surface area contributed by atoms with Crippen LogP contribution in [0, 0.1) is 12.8 Å². The summed E-state index contributed by atoms with van der Waals surface area (Å²) in [5, 5.41) is 22.8. The van der Waals surface area contributed by atoms with Gasteiger partial charge in [0.25, 0.3) is 5.89 Å². The fraction of sp³-hybridized carbons (Fsp3) is 0.250. The molecule has 0 aliphatic rings. The molecule has 6 nitrogen and oxygen atoms in total. The van der Waals surface area contributed by atoms with Crippen molar-refractivity contribution < 1.29 is 32.7 Å². The van der Waals surface area contributed by atoms with Crippen molar-refractivity contribution in [3.05, 3.63) is 83.4 Å². The zero-order valence-electron chi connectivity index (χ0n) is 20.2. The number of carbonyl (C=O) groups is 1. The molecule has 0 saturated heterocycles. The van der Waals surface area contributed by atoms with Gasteiger partial charge in [-0.3, -0.25) is 4.79 Å². The molecule has 37 heavy (non-hydrogen) atoms. The van der Waals surface area contributed by atoms with E-state index in [0.29, 0.717) is 11.1 Å². The Bertz CT molecular complexity index is 1400. The van der Waals surface area contributed by atoms with E-state index in [1.165, 1.54) is 12.1 Å². The van der Waals surface area contributed by atoms with Gasteiger partial charge in [-0.15, -0.1) is 0 Å². The van der Waals surface area contributed by atoms with Crippen molar-refractivity contribution in [3.63, 3.8) is 0 Å². The number of aromatic nitrogens is 2. The Kier molecular flexibility index (Phi) is 7.45. The Morgan fingerprint density at radius 1 is 1.00 bits per heavy atom. The topological polar surface area (TPSA) is 96.5 Å². The van der Waals surface area contributed by atoms with Crippen molar-refractivity contribution in [2.24, 2.45) is 5.92 Å². The normalized spacial score (nSPS) is 13.4. The number of aliphatic hydroxyl groups is 1. The number of hydrogen-bond donors (Lipinski definition) is 2. The smallest absolute Gasteiger partial charge is 0.417 e. The number of halogens is 3. The first-order chi connectivity index (χ1) is 17.6. The average Bonchev–Trinajstić information content (AvgIpc) is 3.37. The third kappa shape index (κ3) is 5.72. The largest absolute Gasteiger partial charge is 0.481 e. The van der Waals surface area contributed by atoms with Crippen molar-refractivity contribution in [3.8, 4) is 34.0 Å². The van der Waals surface area contributed by atoms with Gasteiger partial charge < -0.3 is 14.7 Å². The minimum atomic E-state index is -4.59. The Morgan fingerprint density at radius 3 is 2.30 bits per heavy atom. The highest BCUT2D eigenvalue weighted by atomic mass is 19.4. The zero-order valence-corrected chi connectivity index (χ0v) is 20.2. The molecular formula is C28H25F3N2O4. The number of aryl methyl sites for hydroxylation is 1. The van der Waals surface area contributed by atoms with Gasteiger partial charge in [0.15, 0.2) is 0 Å². The van der Waals surface area contributed by atoms with Crippen LogP contribution in [0.1, 0.15) is 36.0 Å². The number of carboxylic acids is 1. The molecule has 1 heterocycles. The maximum Gasteiger partial charge on any atom is 0.417 e. The van der Waals surface area contributed by atoms with E-state index >= 15 is 0 Å². The molecule has 4 rings (SSSR count). The second-order valence-electron chi connectivity index (χ2n) is 8.97. The molecule has 2 atom stereocenters. The first-order valence-corrected chi connectivity index (χ1v) is 11.6. The van der Waals surface area contributed by atoms with E-state index in [-0.39, 0.29) is 41.8 Å². The predicted octanol–water partition coefficient (Wildman–Crippen LogP) is 6.58. The Hall–Kier alpha value is -3.98. The monoisotopic (exact) mass is 510 g/mol. The lowest BCUT2D eigenvalue weighted by molar-refractivity contribution is -0.141. The Morgan fingerprint density at radius 2 is 1.68 bits per heavy atom. The maximum absolute atomic E-state index is 14.0. The summed E-state index contributed by atoms with van der Waals surface area (Å²) >= 11 is 0. The average molecular weight is 511 g/mol. The van der Waals surface area contributed by atoms with Crippen LogP contribution in [0.15, 0.2) is 71.3 Å². The van der Waals surface area contributed by atoms with E-state index in [1.54, 1.807) is 62.4 Å². The molecule has 0 saturated carbocycles. The van der Waals surface area contributed by atoms with Crippen LogP contribution >= 0.6 is 0 Å². The summed E-state index contributed by atoms with van der Waals surface area (Å²) in [5.74, 6) is -1.76. The fourth-order valence-electron chi connectivity index (χ4n) is 4.23. The van der Waals surface area contributed by atoms with E-state index < -0.39 is 23.6 Å². The van der Waals surface area contributed by atoms with Gasteiger partial charge in [-0.25, -0.2) is 0 Å². The van der Waals surface area contributed by atoms with E-state index in [2.05, 4.69) is 10.1 Å².